The molecule has 2 N–H and O–H groups in total. The monoisotopic (exact) mass is 322 g/mol. The van der Waals surface area contributed by atoms with E-state index in [2.05, 4.69) is 0 Å². The van der Waals surface area contributed by atoms with Gasteiger partial charge in [-0.1, -0.05) is 25.7 Å². The number of aliphatic hydroxyl groups excluding tert-OH is 2. The molecule has 0 fully saturated rings. The molecule has 2 unspecified atom stereocenters. The summed E-state index contributed by atoms with van der Waals surface area (Å²) in [6.07, 6.45) is 5.69. The maximum atomic E-state index is 9.37. The average Bonchev–Trinajstić information content (AvgIpc) is 2.49. The molecule has 0 amide bonds. The van der Waals surface area contributed by atoms with Crippen molar-refractivity contribution >= 4 is 0 Å². The van der Waals surface area contributed by atoms with E-state index in [1.807, 2.05) is 0 Å². The summed E-state index contributed by atoms with van der Waals surface area (Å²) >= 11 is 0. The molecule has 0 aromatic rings. The molecule has 22 heavy (non-hydrogen) atoms. The lowest BCUT2D eigenvalue weighted by Crippen LogP contribution is -2.21. The molecule has 0 aromatic carbocycles. The molecular weight excluding hydrogens is 288 g/mol. The van der Waals surface area contributed by atoms with E-state index in [4.69, 9.17) is 18.9 Å². The van der Waals surface area contributed by atoms with Crippen LogP contribution in [0.1, 0.15) is 38.5 Å². The molecule has 0 saturated carbocycles. The summed E-state index contributed by atoms with van der Waals surface area (Å²) in [7, 11) is 3.13. The first kappa shape index (κ1) is 21.8. The fourth-order valence-electron chi connectivity index (χ4n) is 2.04. The standard InChI is InChI=1S/C16H34O6/c1-19-11-15(17)13-21-9-7-5-3-4-6-8-10-22-14-16(18)12-20-2/h15-18H,3-14H2,1-2H3. The smallest absolute Gasteiger partial charge is 0.101 e. The van der Waals surface area contributed by atoms with Crippen molar-refractivity contribution in [2.24, 2.45) is 0 Å². The van der Waals surface area contributed by atoms with Gasteiger partial charge in [-0.2, -0.15) is 0 Å². The number of rotatable bonds is 17. The normalized spacial score (nSPS) is 14.2. The highest BCUT2D eigenvalue weighted by atomic mass is 16.5. The third kappa shape index (κ3) is 16.1. The van der Waals surface area contributed by atoms with Crippen molar-refractivity contribution in [3.05, 3.63) is 0 Å². The van der Waals surface area contributed by atoms with E-state index in [0.717, 1.165) is 25.7 Å². The Kier molecular flexibility index (Phi) is 16.9. The second-order valence-corrected chi connectivity index (χ2v) is 5.49. The quantitative estimate of drug-likeness (QED) is 0.394. The lowest BCUT2D eigenvalue weighted by Gasteiger charge is -2.10. The van der Waals surface area contributed by atoms with Gasteiger partial charge in [0.05, 0.1) is 26.4 Å². The summed E-state index contributed by atoms with van der Waals surface area (Å²) in [5.41, 5.74) is 0. The van der Waals surface area contributed by atoms with Crippen molar-refractivity contribution in [1.29, 1.82) is 0 Å². The topological polar surface area (TPSA) is 77.4 Å². The zero-order valence-electron chi connectivity index (χ0n) is 14.2. The Morgan fingerprint density at radius 1 is 0.591 bits per heavy atom. The second-order valence-electron chi connectivity index (χ2n) is 5.49. The molecule has 6 heteroatoms. The Morgan fingerprint density at radius 3 is 1.32 bits per heavy atom. The minimum Gasteiger partial charge on any atom is -0.388 e. The van der Waals surface area contributed by atoms with Crippen molar-refractivity contribution in [2.75, 3.05) is 53.9 Å². The molecule has 0 aliphatic carbocycles. The maximum absolute atomic E-state index is 9.37. The number of methoxy groups -OCH3 is 2. The SMILES string of the molecule is COCC(O)COCCCCCCCCOCC(O)COC. The highest BCUT2D eigenvalue weighted by Gasteiger charge is 2.03. The van der Waals surface area contributed by atoms with E-state index in [-0.39, 0.29) is 0 Å². The highest BCUT2D eigenvalue weighted by molar-refractivity contribution is 4.52. The summed E-state index contributed by atoms with van der Waals surface area (Å²) in [5.74, 6) is 0. The molecule has 0 aliphatic rings. The fourth-order valence-corrected chi connectivity index (χ4v) is 2.04. The van der Waals surface area contributed by atoms with Gasteiger partial charge >= 0.3 is 0 Å². The van der Waals surface area contributed by atoms with Gasteiger partial charge in [0.15, 0.2) is 0 Å². The molecule has 134 valence electrons. The highest BCUT2D eigenvalue weighted by Crippen LogP contribution is 2.06. The summed E-state index contributed by atoms with van der Waals surface area (Å²) in [6.45, 7) is 2.73. The molecule has 6 nitrogen and oxygen atoms in total. The van der Waals surface area contributed by atoms with E-state index < -0.39 is 12.2 Å². The van der Waals surface area contributed by atoms with Gasteiger partial charge in [0.25, 0.3) is 0 Å². The maximum Gasteiger partial charge on any atom is 0.101 e. The summed E-state index contributed by atoms with van der Waals surface area (Å²) in [6, 6.07) is 0. The van der Waals surface area contributed by atoms with Crippen LogP contribution in [-0.2, 0) is 18.9 Å². The predicted molar refractivity (Wildman–Crippen MR) is 85.1 cm³/mol. The van der Waals surface area contributed by atoms with Crippen LogP contribution in [0, 0.1) is 0 Å². The van der Waals surface area contributed by atoms with E-state index in [9.17, 15) is 10.2 Å². The van der Waals surface area contributed by atoms with Crippen LogP contribution in [0.15, 0.2) is 0 Å². The molecule has 0 spiro atoms. The average molecular weight is 322 g/mol. The van der Waals surface area contributed by atoms with Crippen LogP contribution in [0.4, 0.5) is 0 Å². The minimum absolute atomic E-state index is 0.324. The lowest BCUT2D eigenvalue weighted by atomic mass is 10.1. The van der Waals surface area contributed by atoms with Crippen molar-refractivity contribution in [2.45, 2.75) is 50.7 Å². The van der Waals surface area contributed by atoms with Crippen molar-refractivity contribution in [1.82, 2.24) is 0 Å². The number of hydrogen-bond acceptors (Lipinski definition) is 6. The zero-order valence-corrected chi connectivity index (χ0v) is 14.2. The van der Waals surface area contributed by atoms with Crippen molar-refractivity contribution in [3.8, 4) is 0 Å². The summed E-state index contributed by atoms with van der Waals surface area (Å²) in [5, 5.41) is 18.7. The molecule has 0 aliphatic heterocycles. The van der Waals surface area contributed by atoms with Gasteiger partial charge in [-0.15, -0.1) is 0 Å². The van der Waals surface area contributed by atoms with Gasteiger partial charge in [0.2, 0.25) is 0 Å². The van der Waals surface area contributed by atoms with Crippen LogP contribution in [0.2, 0.25) is 0 Å². The molecule has 0 heterocycles. The van der Waals surface area contributed by atoms with Crippen LogP contribution in [0.25, 0.3) is 0 Å². The van der Waals surface area contributed by atoms with E-state index in [1.54, 1.807) is 14.2 Å². The number of unbranched alkanes of at least 4 members (excludes halogenated alkanes) is 5. The lowest BCUT2D eigenvalue weighted by molar-refractivity contribution is -0.00736. The minimum atomic E-state index is -0.521. The van der Waals surface area contributed by atoms with Crippen LogP contribution in [0.5, 0.6) is 0 Å². The van der Waals surface area contributed by atoms with Gasteiger partial charge in [0, 0.05) is 27.4 Å². The van der Waals surface area contributed by atoms with Crippen LogP contribution in [-0.4, -0.2) is 76.3 Å². The predicted octanol–water partition coefficient (Wildman–Crippen LogP) is 1.37. The third-order valence-corrected chi connectivity index (χ3v) is 3.17. The Morgan fingerprint density at radius 2 is 0.955 bits per heavy atom. The van der Waals surface area contributed by atoms with Gasteiger partial charge in [-0.25, -0.2) is 0 Å². The first-order valence-corrected chi connectivity index (χ1v) is 8.20. The second kappa shape index (κ2) is 17.1. The number of ether oxygens (including phenoxy) is 4. The van der Waals surface area contributed by atoms with Crippen LogP contribution < -0.4 is 0 Å². The third-order valence-electron chi connectivity index (χ3n) is 3.17. The van der Waals surface area contributed by atoms with Gasteiger partial charge in [-0.3, -0.25) is 0 Å². The Balaban J connectivity index is 3.08. The first-order chi connectivity index (χ1) is 10.7. The Labute approximate surface area is 134 Å². The zero-order chi connectivity index (χ0) is 16.5. The van der Waals surface area contributed by atoms with Gasteiger partial charge < -0.3 is 29.2 Å². The Bertz CT molecular complexity index is 193. The number of aliphatic hydroxyl groups is 2. The summed E-state index contributed by atoms with van der Waals surface area (Å²) < 4.78 is 20.4. The van der Waals surface area contributed by atoms with Gasteiger partial charge in [-0.05, 0) is 12.8 Å². The van der Waals surface area contributed by atoms with Crippen molar-refractivity contribution < 1.29 is 29.2 Å². The molecule has 0 bridgehead atoms. The van der Waals surface area contributed by atoms with E-state index >= 15 is 0 Å². The summed E-state index contributed by atoms with van der Waals surface area (Å²) in [4.78, 5) is 0. The van der Waals surface area contributed by atoms with Crippen molar-refractivity contribution in [3.63, 3.8) is 0 Å². The molecule has 2 atom stereocenters. The van der Waals surface area contributed by atoms with E-state index in [0.29, 0.717) is 39.6 Å². The molecular formula is C16H34O6. The molecule has 0 radical (unpaired) electrons. The molecule has 0 rings (SSSR count). The fraction of sp³-hybridized carbons (Fsp3) is 1.00. The van der Waals surface area contributed by atoms with Gasteiger partial charge in [0.1, 0.15) is 12.2 Å². The van der Waals surface area contributed by atoms with Crippen LogP contribution in [0.3, 0.4) is 0 Å². The molecule has 0 aromatic heterocycles. The first-order valence-electron chi connectivity index (χ1n) is 8.20. The number of hydrogen-bond donors (Lipinski definition) is 2. The van der Waals surface area contributed by atoms with E-state index in [1.165, 1.54) is 12.8 Å². The largest absolute Gasteiger partial charge is 0.388 e. The van der Waals surface area contributed by atoms with Crippen LogP contribution >= 0.6 is 0 Å². The Hall–Kier alpha value is -0.240. The molecule has 0 saturated heterocycles.